The van der Waals surface area contributed by atoms with E-state index in [2.05, 4.69) is 5.32 Å². The van der Waals surface area contributed by atoms with Gasteiger partial charge < -0.3 is 15.2 Å². The van der Waals surface area contributed by atoms with Crippen molar-refractivity contribution in [2.75, 3.05) is 11.9 Å². The maximum atomic E-state index is 11.8. The van der Waals surface area contributed by atoms with Gasteiger partial charge in [0.1, 0.15) is 0 Å². The van der Waals surface area contributed by atoms with Crippen molar-refractivity contribution in [3.05, 3.63) is 41.7 Å². The van der Waals surface area contributed by atoms with Gasteiger partial charge in [0, 0.05) is 5.69 Å². The van der Waals surface area contributed by atoms with Crippen LogP contribution in [0, 0.1) is 0 Å². The molecular formula is C13H15NO3. The lowest BCUT2D eigenvalue weighted by Crippen LogP contribution is -2.18. The topological polar surface area (TPSA) is 58.6 Å². The molecule has 0 saturated carbocycles. The Labute approximate surface area is 99.9 Å². The van der Waals surface area contributed by atoms with Gasteiger partial charge in [0.05, 0.1) is 13.2 Å². The summed E-state index contributed by atoms with van der Waals surface area (Å²) in [4.78, 5) is 11.8. The summed E-state index contributed by atoms with van der Waals surface area (Å²) in [6, 6.07) is 7.10. The van der Waals surface area contributed by atoms with E-state index in [1.807, 2.05) is 0 Å². The van der Waals surface area contributed by atoms with Crippen molar-refractivity contribution in [1.82, 2.24) is 0 Å². The van der Waals surface area contributed by atoms with Crippen LogP contribution in [0.5, 0.6) is 0 Å². The molecule has 1 aliphatic rings. The van der Waals surface area contributed by atoms with Gasteiger partial charge in [-0.3, -0.25) is 4.79 Å². The fourth-order valence-electron chi connectivity index (χ4n) is 1.66. The van der Waals surface area contributed by atoms with E-state index >= 15 is 0 Å². The molecule has 1 heterocycles. The highest BCUT2D eigenvalue weighted by Gasteiger charge is 2.13. The maximum Gasteiger partial charge on any atom is 0.290 e. The Balaban J connectivity index is 2.04. The lowest BCUT2D eigenvalue weighted by Gasteiger charge is -2.14. The molecule has 0 unspecified atom stereocenters. The number of hydrogen-bond donors (Lipinski definition) is 2. The second-order valence-electron chi connectivity index (χ2n) is 3.87. The van der Waals surface area contributed by atoms with E-state index in [1.54, 1.807) is 30.3 Å². The lowest BCUT2D eigenvalue weighted by atomic mass is 10.2. The highest BCUT2D eigenvalue weighted by molar-refractivity contribution is 6.02. The summed E-state index contributed by atoms with van der Waals surface area (Å²) in [6.45, 7) is 0.554. The minimum absolute atomic E-state index is 0.0388. The van der Waals surface area contributed by atoms with E-state index in [9.17, 15) is 4.79 Å². The molecule has 0 spiro atoms. The predicted molar refractivity (Wildman–Crippen MR) is 64.3 cm³/mol. The number of hydrogen-bond acceptors (Lipinski definition) is 3. The summed E-state index contributed by atoms with van der Waals surface area (Å²) in [6.07, 6.45) is 3.63. The molecule has 0 atom stereocenters. The largest absolute Gasteiger partial charge is 0.488 e. The van der Waals surface area contributed by atoms with Crippen LogP contribution in [0.15, 0.2) is 36.1 Å². The monoisotopic (exact) mass is 233 g/mol. The molecule has 0 fully saturated rings. The fourth-order valence-corrected chi connectivity index (χ4v) is 1.66. The zero-order chi connectivity index (χ0) is 12.1. The number of rotatable bonds is 3. The van der Waals surface area contributed by atoms with Crippen molar-refractivity contribution in [1.29, 1.82) is 0 Å². The first kappa shape index (κ1) is 11.7. The molecule has 1 aromatic rings. The first-order valence-electron chi connectivity index (χ1n) is 5.63. The molecule has 4 nitrogen and oxygen atoms in total. The number of nitrogens with one attached hydrogen (secondary N) is 1. The molecule has 4 heteroatoms. The molecule has 17 heavy (non-hydrogen) atoms. The van der Waals surface area contributed by atoms with Gasteiger partial charge in [0.2, 0.25) is 0 Å². The summed E-state index contributed by atoms with van der Waals surface area (Å²) in [5, 5.41) is 11.7. The highest BCUT2D eigenvalue weighted by Crippen LogP contribution is 2.15. The number of allylic oxidation sites excluding steroid dienone is 1. The molecule has 0 aliphatic carbocycles. The Bertz CT molecular complexity index is 440. The quantitative estimate of drug-likeness (QED) is 0.837. The Morgan fingerprint density at radius 1 is 1.47 bits per heavy atom. The molecule has 1 aromatic carbocycles. The van der Waals surface area contributed by atoms with Crippen LogP contribution in [0.2, 0.25) is 0 Å². The zero-order valence-electron chi connectivity index (χ0n) is 9.48. The van der Waals surface area contributed by atoms with Gasteiger partial charge in [0.25, 0.3) is 5.91 Å². The first-order chi connectivity index (χ1) is 8.29. The average molecular weight is 233 g/mol. The molecule has 0 aromatic heterocycles. The predicted octanol–water partition coefficient (Wildman–Crippen LogP) is 1.81. The Morgan fingerprint density at radius 3 is 3.06 bits per heavy atom. The number of carbonyl (C=O) groups excluding carboxylic acids is 1. The standard InChI is InChI=1S/C13H15NO3/c15-9-10-4-3-5-11(8-10)14-13(16)12-6-1-2-7-17-12/h3-6,8,15H,1-2,7,9H2,(H,14,16). The van der Waals surface area contributed by atoms with Crippen LogP contribution in [-0.4, -0.2) is 17.6 Å². The number of carbonyl (C=O) groups is 1. The van der Waals surface area contributed by atoms with Gasteiger partial charge >= 0.3 is 0 Å². The molecule has 0 bridgehead atoms. The van der Waals surface area contributed by atoms with Crippen LogP contribution < -0.4 is 5.32 Å². The van der Waals surface area contributed by atoms with E-state index < -0.39 is 0 Å². The number of ether oxygens (including phenoxy) is 1. The number of benzene rings is 1. The van der Waals surface area contributed by atoms with Crippen LogP contribution in [0.25, 0.3) is 0 Å². The van der Waals surface area contributed by atoms with Gasteiger partial charge in [-0.1, -0.05) is 12.1 Å². The third kappa shape index (κ3) is 3.07. The second-order valence-corrected chi connectivity index (χ2v) is 3.87. The van der Waals surface area contributed by atoms with Gasteiger partial charge in [0.15, 0.2) is 5.76 Å². The third-order valence-corrected chi connectivity index (χ3v) is 2.53. The van der Waals surface area contributed by atoms with Crippen LogP contribution in [0.4, 0.5) is 5.69 Å². The lowest BCUT2D eigenvalue weighted by molar-refractivity contribution is -0.116. The normalized spacial score (nSPS) is 14.8. The van der Waals surface area contributed by atoms with Gasteiger partial charge in [-0.15, -0.1) is 0 Å². The van der Waals surface area contributed by atoms with Gasteiger partial charge in [-0.25, -0.2) is 0 Å². The number of aliphatic hydroxyl groups is 1. The van der Waals surface area contributed by atoms with Crippen LogP contribution in [-0.2, 0) is 16.1 Å². The van der Waals surface area contributed by atoms with Gasteiger partial charge in [-0.2, -0.15) is 0 Å². The Hall–Kier alpha value is -1.81. The molecule has 2 rings (SSSR count). The second kappa shape index (κ2) is 5.50. The minimum Gasteiger partial charge on any atom is -0.488 e. The Morgan fingerprint density at radius 2 is 2.35 bits per heavy atom. The van der Waals surface area contributed by atoms with Crippen LogP contribution in [0.3, 0.4) is 0 Å². The number of amides is 1. The molecule has 1 aliphatic heterocycles. The minimum atomic E-state index is -0.236. The van der Waals surface area contributed by atoms with Crippen molar-refractivity contribution < 1.29 is 14.6 Å². The van der Waals surface area contributed by atoms with Gasteiger partial charge in [-0.05, 0) is 36.6 Å². The van der Waals surface area contributed by atoms with Crippen LogP contribution in [0.1, 0.15) is 18.4 Å². The SMILES string of the molecule is O=C(Nc1cccc(CO)c1)C1=CCCCO1. The van der Waals surface area contributed by atoms with Crippen LogP contribution >= 0.6 is 0 Å². The van der Waals surface area contributed by atoms with Crippen molar-refractivity contribution in [2.24, 2.45) is 0 Å². The zero-order valence-corrected chi connectivity index (χ0v) is 9.48. The van der Waals surface area contributed by atoms with E-state index in [0.717, 1.165) is 18.4 Å². The molecule has 90 valence electrons. The summed E-state index contributed by atoms with van der Waals surface area (Å²) in [7, 11) is 0. The summed E-state index contributed by atoms with van der Waals surface area (Å²) < 4.78 is 5.27. The summed E-state index contributed by atoms with van der Waals surface area (Å²) in [5.41, 5.74) is 1.43. The Kier molecular flexibility index (Phi) is 3.77. The van der Waals surface area contributed by atoms with Crippen molar-refractivity contribution >= 4 is 11.6 Å². The molecule has 2 N–H and O–H groups in total. The molecular weight excluding hydrogens is 218 g/mol. The van der Waals surface area contributed by atoms with E-state index in [1.165, 1.54) is 0 Å². The molecule has 0 radical (unpaired) electrons. The number of anilines is 1. The summed E-state index contributed by atoms with van der Waals surface area (Å²) in [5.74, 6) is 0.144. The summed E-state index contributed by atoms with van der Waals surface area (Å²) >= 11 is 0. The first-order valence-corrected chi connectivity index (χ1v) is 5.63. The smallest absolute Gasteiger partial charge is 0.290 e. The van der Waals surface area contributed by atoms with E-state index in [4.69, 9.17) is 9.84 Å². The highest BCUT2D eigenvalue weighted by atomic mass is 16.5. The third-order valence-electron chi connectivity index (χ3n) is 2.53. The molecule has 0 saturated heterocycles. The van der Waals surface area contributed by atoms with E-state index in [0.29, 0.717) is 18.1 Å². The molecule has 1 amide bonds. The maximum absolute atomic E-state index is 11.8. The van der Waals surface area contributed by atoms with Crippen molar-refractivity contribution in [2.45, 2.75) is 19.4 Å². The fraction of sp³-hybridized carbons (Fsp3) is 0.308. The average Bonchev–Trinajstić information content (AvgIpc) is 2.40. The number of aliphatic hydroxyl groups excluding tert-OH is 1. The van der Waals surface area contributed by atoms with E-state index in [-0.39, 0.29) is 12.5 Å². The van der Waals surface area contributed by atoms with Crippen molar-refractivity contribution in [3.63, 3.8) is 0 Å². The van der Waals surface area contributed by atoms with Crippen molar-refractivity contribution in [3.8, 4) is 0 Å².